The Morgan fingerprint density at radius 1 is 1.35 bits per heavy atom. The van der Waals surface area contributed by atoms with E-state index in [1.165, 1.54) is 6.92 Å². The fourth-order valence-corrected chi connectivity index (χ4v) is 4.13. The van der Waals surface area contributed by atoms with Gasteiger partial charge in [0.25, 0.3) is 0 Å². The summed E-state index contributed by atoms with van der Waals surface area (Å²) in [6, 6.07) is 5.33. The van der Waals surface area contributed by atoms with Crippen LogP contribution in [0.1, 0.15) is 25.3 Å². The number of halogens is 3. The number of ether oxygens (including phenoxy) is 1. The standard InChI is InChI=1S/C16H17F3N2O4S/c1-11(10-20)25-15(22)12-5-7-21(8-6-12)26(23,24)14-4-2-3-13(9-14)16(17,18)19/h2-4,9,11-12H,5-8H2,1H3/t11-/m1/s1. The highest BCUT2D eigenvalue weighted by Crippen LogP contribution is 2.32. The first-order valence-electron chi connectivity index (χ1n) is 7.83. The number of piperidine rings is 1. The SMILES string of the molecule is C[C@H](C#N)OC(=O)C1CCN(S(=O)(=O)c2cccc(C(F)(F)F)c2)CC1. The van der Waals surface area contributed by atoms with E-state index >= 15 is 0 Å². The fourth-order valence-electron chi connectivity index (χ4n) is 2.61. The predicted octanol–water partition coefficient (Wildman–Crippen LogP) is 2.56. The molecule has 1 saturated heterocycles. The Kier molecular flexibility index (Phi) is 5.93. The summed E-state index contributed by atoms with van der Waals surface area (Å²) in [7, 11) is -4.09. The topological polar surface area (TPSA) is 87.5 Å². The Labute approximate surface area is 149 Å². The number of nitriles is 1. The monoisotopic (exact) mass is 390 g/mol. The van der Waals surface area contributed by atoms with E-state index in [0.29, 0.717) is 6.07 Å². The molecule has 1 atom stereocenters. The Morgan fingerprint density at radius 3 is 2.50 bits per heavy atom. The van der Waals surface area contributed by atoms with Gasteiger partial charge < -0.3 is 4.74 Å². The summed E-state index contributed by atoms with van der Waals surface area (Å²) in [5.74, 6) is -1.12. The van der Waals surface area contributed by atoms with Gasteiger partial charge in [0.15, 0.2) is 6.10 Å². The highest BCUT2D eigenvalue weighted by Gasteiger charge is 2.35. The number of carbonyl (C=O) groups excluding carboxylic acids is 1. The Bertz CT molecular complexity index is 810. The molecule has 0 aromatic heterocycles. The molecule has 1 aliphatic heterocycles. The largest absolute Gasteiger partial charge is 0.447 e. The molecule has 1 aliphatic rings. The van der Waals surface area contributed by atoms with Crippen molar-refractivity contribution >= 4 is 16.0 Å². The molecule has 0 bridgehead atoms. The van der Waals surface area contributed by atoms with Crippen molar-refractivity contribution < 1.29 is 31.1 Å². The van der Waals surface area contributed by atoms with E-state index in [1.807, 2.05) is 0 Å². The van der Waals surface area contributed by atoms with Crippen molar-refractivity contribution in [3.8, 4) is 6.07 Å². The second-order valence-corrected chi connectivity index (χ2v) is 7.85. The predicted molar refractivity (Wildman–Crippen MR) is 84.1 cm³/mol. The number of sulfonamides is 1. The van der Waals surface area contributed by atoms with Crippen molar-refractivity contribution in [3.05, 3.63) is 29.8 Å². The van der Waals surface area contributed by atoms with E-state index in [0.717, 1.165) is 22.5 Å². The molecule has 1 heterocycles. The third-order valence-corrected chi connectivity index (χ3v) is 5.96. The van der Waals surface area contributed by atoms with Crippen molar-refractivity contribution in [1.29, 1.82) is 5.26 Å². The normalized spacial score (nSPS) is 18.1. The van der Waals surface area contributed by atoms with Crippen LogP contribution in [0.3, 0.4) is 0 Å². The second-order valence-electron chi connectivity index (χ2n) is 5.91. The molecule has 0 radical (unpaired) electrons. The van der Waals surface area contributed by atoms with Crippen LogP contribution in [0, 0.1) is 17.2 Å². The van der Waals surface area contributed by atoms with E-state index in [4.69, 9.17) is 10.00 Å². The summed E-state index contributed by atoms with van der Waals surface area (Å²) in [6.07, 6.45) is -5.18. The minimum atomic E-state index is -4.64. The molecule has 10 heteroatoms. The minimum Gasteiger partial charge on any atom is -0.447 e. The Hall–Kier alpha value is -2.12. The number of carbonyl (C=O) groups is 1. The van der Waals surface area contributed by atoms with Gasteiger partial charge in [-0.2, -0.15) is 22.7 Å². The third kappa shape index (κ3) is 4.53. The van der Waals surface area contributed by atoms with Crippen molar-refractivity contribution in [2.75, 3.05) is 13.1 Å². The van der Waals surface area contributed by atoms with Gasteiger partial charge in [0, 0.05) is 13.1 Å². The van der Waals surface area contributed by atoms with E-state index in [2.05, 4.69) is 0 Å². The highest BCUT2D eigenvalue weighted by atomic mass is 32.2. The molecule has 1 aromatic rings. The molecule has 1 aromatic carbocycles. The second kappa shape index (κ2) is 7.63. The van der Waals surface area contributed by atoms with Gasteiger partial charge in [0.2, 0.25) is 10.0 Å². The number of hydrogen-bond donors (Lipinski definition) is 0. The number of nitrogens with zero attached hydrogens (tertiary/aromatic N) is 2. The molecule has 0 amide bonds. The van der Waals surface area contributed by atoms with Gasteiger partial charge in [-0.1, -0.05) is 6.07 Å². The molecule has 6 nitrogen and oxygen atoms in total. The van der Waals surface area contributed by atoms with Crippen LogP contribution in [0.5, 0.6) is 0 Å². The third-order valence-electron chi connectivity index (χ3n) is 4.06. The number of rotatable bonds is 4. The first-order chi connectivity index (χ1) is 12.1. The molecular formula is C16H17F3N2O4S. The van der Waals surface area contributed by atoms with E-state index in [9.17, 15) is 26.4 Å². The van der Waals surface area contributed by atoms with Crippen LogP contribution in [0.4, 0.5) is 13.2 Å². The molecule has 142 valence electrons. The summed E-state index contributed by atoms with van der Waals surface area (Å²) in [5, 5.41) is 8.64. The van der Waals surface area contributed by atoms with Crippen LogP contribution in [-0.4, -0.2) is 37.9 Å². The van der Waals surface area contributed by atoms with E-state index < -0.39 is 44.6 Å². The van der Waals surface area contributed by atoms with Crippen molar-refractivity contribution in [3.63, 3.8) is 0 Å². The van der Waals surface area contributed by atoms with Gasteiger partial charge in [0.05, 0.1) is 16.4 Å². The van der Waals surface area contributed by atoms with E-state index in [1.54, 1.807) is 6.07 Å². The number of benzene rings is 1. The van der Waals surface area contributed by atoms with Crippen molar-refractivity contribution in [2.24, 2.45) is 5.92 Å². The lowest BCUT2D eigenvalue weighted by atomic mass is 9.98. The fraction of sp³-hybridized carbons (Fsp3) is 0.500. The summed E-state index contributed by atoms with van der Waals surface area (Å²) in [6.45, 7) is 1.39. The lowest BCUT2D eigenvalue weighted by Crippen LogP contribution is -2.41. The van der Waals surface area contributed by atoms with Crippen LogP contribution < -0.4 is 0 Å². The highest BCUT2D eigenvalue weighted by molar-refractivity contribution is 7.89. The minimum absolute atomic E-state index is 0.0146. The summed E-state index contributed by atoms with van der Waals surface area (Å²) in [5.41, 5.74) is -1.04. The first kappa shape index (κ1) is 20.2. The molecule has 2 rings (SSSR count). The number of esters is 1. The molecule has 0 spiro atoms. The number of hydrogen-bond acceptors (Lipinski definition) is 5. The maximum absolute atomic E-state index is 12.8. The zero-order valence-electron chi connectivity index (χ0n) is 13.9. The van der Waals surface area contributed by atoms with Gasteiger partial charge in [-0.3, -0.25) is 4.79 Å². The van der Waals surface area contributed by atoms with Gasteiger partial charge in [-0.15, -0.1) is 0 Å². The van der Waals surface area contributed by atoms with Crippen LogP contribution in [0.15, 0.2) is 29.2 Å². The van der Waals surface area contributed by atoms with E-state index in [-0.39, 0.29) is 25.9 Å². The maximum Gasteiger partial charge on any atom is 0.416 e. The van der Waals surface area contributed by atoms with Gasteiger partial charge in [-0.25, -0.2) is 8.42 Å². The molecule has 26 heavy (non-hydrogen) atoms. The lowest BCUT2D eigenvalue weighted by Gasteiger charge is -2.30. The van der Waals surface area contributed by atoms with Crippen molar-refractivity contribution in [2.45, 2.75) is 36.9 Å². The maximum atomic E-state index is 12.8. The summed E-state index contributed by atoms with van der Waals surface area (Å²) >= 11 is 0. The summed E-state index contributed by atoms with van der Waals surface area (Å²) < 4.78 is 69.5. The Morgan fingerprint density at radius 2 is 1.96 bits per heavy atom. The van der Waals surface area contributed by atoms with Crippen molar-refractivity contribution in [1.82, 2.24) is 4.31 Å². The number of alkyl halides is 3. The molecule has 1 fully saturated rings. The van der Waals surface area contributed by atoms with Crippen LogP contribution >= 0.6 is 0 Å². The lowest BCUT2D eigenvalue weighted by molar-refractivity contribution is -0.152. The average molecular weight is 390 g/mol. The molecular weight excluding hydrogens is 373 g/mol. The quantitative estimate of drug-likeness (QED) is 0.738. The van der Waals surface area contributed by atoms with Crippen LogP contribution in [-0.2, 0) is 25.7 Å². The first-order valence-corrected chi connectivity index (χ1v) is 9.27. The average Bonchev–Trinajstić information content (AvgIpc) is 2.61. The van der Waals surface area contributed by atoms with Gasteiger partial charge in [-0.05, 0) is 38.0 Å². The zero-order chi connectivity index (χ0) is 19.5. The van der Waals surface area contributed by atoms with Gasteiger partial charge in [0.1, 0.15) is 6.07 Å². The molecule has 0 aliphatic carbocycles. The molecule has 0 N–H and O–H groups in total. The molecule has 0 unspecified atom stereocenters. The van der Waals surface area contributed by atoms with Crippen LogP contribution in [0.2, 0.25) is 0 Å². The molecule has 0 saturated carbocycles. The zero-order valence-corrected chi connectivity index (χ0v) is 14.7. The van der Waals surface area contributed by atoms with Gasteiger partial charge >= 0.3 is 12.1 Å². The smallest absolute Gasteiger partial charge is 0.416 e. The Balaban J connectivity index is 2.09. The summed E-state index contributed by atoms with van der Waals surface area (Å²) in [4.78, 5) is 11.4. The van der Waals surface area contributed by atoms with Crippen LogP contribution in [0.25, 0.3) is 0 Å².